The summed E-state index contributed by atoms with van der Waals surface area (Å²) in [4.78, 5) is 24.0. The zero-order valence-corrected chi connectivity index (χ0v) is 17.3. The van der Waals surface area contributed by atoms with Gasteiger partial charge in [0, 0.05) is 12.8 Å². The standard InChI is InChI=1S/C24H22ClN3O2/c1-17(18-11-13-20(14-12-18)19-7-3-2-4-8-19)27-28-24(30)16-15-23(29)26-22-10-6-5-9-21(22)25/h2-14H,15-16H2,1H3,(H,26,29)(H,28,30)/b27-17+. The molecule has 3 aromatic rings. The lowest BCUT2D eigenvalue weighted by Crippen LogP contribution is -2.21. The highest BCUT2D eigenvalue weighted by atomic mass is 35.5. The predicted octanol–water partition coefficient (Wildman–Crippen LogP) is 5.27. The zero-order chi connectivity index (χ0) is 21.3. The van der Waals surface area contributed by atoms with Gasteiger partial charge in [-0.05, 0) is 35.7 Å². The molecule has 30 heavy (non-hydrogen) atoms. The van der Waals surface area contributed by atoms with Gasteiger partial charge in [-0.25, -0.2) is 5.43 Å². The lowest BCUT2D eigenvalue weighted by molar-refractivity contribution is -0.124. The summed E-state index contributed by atoms with van der Waals surface area (Å²) >= 11 is 6.01. The summed E-state index contributed by atoms with van der Waals surface area (Å²) in [5, 5.41) is 7.28. The van der Waals surface area contributed by atoms with E-state index in [2.05, 4.69) is 28.0 Å². The van der Waals surface area contributed by atoms with Gasteiger partial charge >= 0.3 is 0 Å². The first-order valence-electron chi connectivity index (χ1n) is 9.56. The number of halogens is 1. The molecule has 6 heteroatoms. The van der Waals surface area contributed by atoms with E-state index in [0.29, 0.717) is 16.4 Å². The molecule has 0 saturated carbocycles. The SMILES string of the molecule is C/C(=N\NC(=O)CCC(=O)Nc1ccccc1Cl)c1ccc(-c2ccccc2)cc1. The molecule has 0 saturated heterocycles. The van der Waals surface area contributed by atoms with Crippen LogP contribution in [0.25, 0.3) is 11.1 Å². The Morgan fingerprint density at radius 2 is 1.40 bits per heavy atom. The van der Waals surface area contributed by atoms with E-state index in [9.17, 15) is 9.59 Å². The van der Waals surface area contributed by atoms with E-state index in [1.54, 1.807) is 24.3 Å². The molecule has 152 valence electrons. The monoisotopic (exact) mass is 419 g/mol. The molecule has 2 amide bonds. The van der Waals surface area contributed by atoms with Gasteiger partial charge < -0.3 is 5.32 Å². The number of amides is 2. The number of nitrogens with one attached hydrogen (secondary N) is 2. The smallest absolute Gasteiger partial charge is 0.240 e. The summed E-state index contributed by atoms with van der Waals surface area (Å²) in [6.07, 6.45) is 0.0669. The number of rotatable bonds is 7. The van der Waals surface area contributed by atoms with Crippen LogP contribution in [0.2, 0.25) is 5.02 Å². The summed E-state index contributed by atoms with van der Waals surface area (Å²) in [5.41, 5.74) is 6.87. The van der Waals surface area contributed by atoms with Gasteiger partial charge in [-0.3, -0.25) is 9.59 Å². The number of carbonyl (C=O) groups excluding carboxylic acids is 2. The van der Waals surface area contributed by atoms with Crippen molar-refractivity contribution in [2.24, 2.45) is 5.10 Å². The van der Waals surface area contributed by atoms with E-state index in [1.807, 2.05) is 49.4 Å². The van der Waals surface area contributed by atoms with Crippen molar-refractivity contribution in [3.8, 4) is 11.1 Å². The van der Waals surface area contributed by atoms with E-state index in [-0.39, 0.29) is 24.7 Å². The molecule has 3 rings (SSSR count). The summed E-state index contributed by atoms with van der Waals surface area (Å²) in [6, 6.07) is 25.0. The van der Waals surface area contributed by atoms with E-state index in [0.717, 1.165) is 16.7 Å². The Balaban J connectivity index is 1.49. The van der Waals surface area contributed by atoms with Crippen molar-refractivity contribution in [1.82, 2.24) is 5.43 Å². The zero-order valence-electron chi connectivity index (χ0n) is 16.6. The van der Waals surface area contributed by atoms with Crippen LogP contribution in [0.5, 0.6) is 0 Å². The second-order valence-electron chi connectivity index (χ2n) is 6.70. The third kappa shape index (κ3) is 6.03. The van der Waals surface area contributed by atoms with E-state index < -0.39 is 0 Å². The number of para-hydroxylation sites is 1. The van der Waals surface area contributed by atoms with E-state index in [4.69, 9.17) is 11.6 Å². The molecule has 0 aliphatic heterocycles. The van der Waals surface area contributed by atoms with Crippen molar-refractivity contribution in [3.63, 3.8) is 0 Å². The van der Waals surface area contributed by atoms with E-state index in [1.165, 1.54) is 0 Å². The molecule has 0 aliphatic carbocycles. The van der Waals surface area contributed by atoms with Crippen molar-refractivity contribution in [2.75, 3.05) is 5.32 Å². The maximum Gasteiger partial charge on any atom is 0.240 e. The number of hydrogen-bond acceptors (Lipinski definition) is 3. The predicted molar refractivity (Wildman–Crippen MR) is 122 cm³/mol. The highest BCUT2D eigenvalue weighted by Gasteiger charge is 2.09. The number of anilines is 1. The number of hydrogen-bond donors (Lipinski definition) is 2. The first kappa shape index (κ1) is 21.3. The first-order chi connectivity index (χ1) is 14.5. The number of benzene rings is 3. The molecule has 0 unspecified atom stereocenters. The fourth-order valence-corrected chi connectivity index (χ4v) is 2.99. The van der Waals surface area contributed by atoms with Crippen molar-refractivity contribution < 1.29 is 9.59 Å². The molecule has 0 atom stereocenters. The quantitative estimate of drug-likeness (QED) is 0.404. The van der Waals surface area contributed by atoms with Crippen molar-refractivity contribution >= 4 is 34.8 Å². The summed E-state index contributed by atoms with van der Waals surface area (Å²) in [7, 11) is 0. The van der Waals surface area contributed by atoms with Gasteiger partial charge in [0.1, 0.15) is 0 Å². The summed E-state index contributed by atoms with van der Waals surface area (Å²) in [5.74, 6) is -0.611. The Labute approximate surface area is 180 Å². The molecule has 0 aromatic heterocycles. The fourth-order valence-electron chi connectivity index (χ4n) is 2.80. The molecular weight excluding hydrogens is 398 g/mol. The van der Waals surface area contributed by atoms with Crippen LogP contribution in [0, 0.1) is 0 Å². The molecule has 0 fully saturated rings. The van der Waals surface area contributed by atoms with E-state index >= 15 is 0 Å². The van der Waals surface area contributed by atoms with Gasteiger partial charge in [-0.15, -0.1) is 0 Å². The molecule has 0 heterocycles. The topological polar surface area (TPSA) is 70.6 Å². The van der Waals surface area contributed by atoms with Crippen LogP contribution in [0.3, 0.4) is 0 Å². The molecular formula is C24H22ClN3O2. The van der Waals surface area contributed by atoms with Gasteiger partial charge in [0.05, 0.1) is 16.4 Å². The van der Waals surface area contributed by atoms with Crippen molar-refractivity contribution in [3.05, 3.63) is 89.4 Å². The second-order valence-corrected chi connectivity index (χ2v) is 7.11. The van der Waals surface area contributed by atoms with Gasteiger partial charge in [-0.1, -0.05) is 78.3 Å². The minimum absolute atomic E-state index is 0.0278. The van der Waals surface area contributed by atoms with Crippen LogP contribution in [-0.4, -0.2) is 17.5 Å². The molecule has 0 bridgehead atoms. The molecule has 0 aliphatic rings. The lowest BCUT2D eigenvalue weighted by Gasteiger charge is -2.07. The fraction of sp³-hybridized carbons (Fsp3) is 0.125. The number of hydrazone groups is 1. The molecule has 3 aromatic carbocycles. The number of nitrogens with zero attached hydrogens (tertiary/aromatic N) is 1. The highest BCUT2D eigenvalue weighted by molar-refractivity contribution is 6.33. The maximum absolute atomic E-state index is 12.0. The normalized spacial score (nSPS) is 11.1. The van der Waals surface area contributed by atoms with Crippen LogP contribution < -0.4 is 10.7 Å². The van der Waals surface area contributed by atoms with Crippen molar-refractivity contribution in [1.29, 1.82) is 0 Å². The van der Waals surface area contributed by atoms with Crippen molar-refractivity contribution in [2.45, 2.75) is 19.8 Å². The van der Waals surface area contributed by atoms with Gasteiger partial charge in [0.15, 0.2) is 0 Å². The van der Waals surface area contributed by atoms with Gasteiger partial charge in [0.25, 0.3) is 0 Å². The Hall–Kier alpha value is -3.44. The Bertz CT molecular complexity index is 1050. The maximum atomic E-state index is 12.0. The Morgan fingerprint density at radius 3 is 2.10 bits per heavy atom. The van der Waals surface area contributed by atoms with Crippen LogP contribution >= 0.6 is 11.6 Å². The highest BCUT2D eigenvalue weighted by Crippen LogP contribution is 2.21. The minimum Gasteiger partial charge on any atom is -0.325 e. The second kappa shape index (κ2) is 10.4. The van der Waals surface area contributed by atoms with Crippen LogP contribution in [0.1, 0.15) is 25.3 Å². The lowest BCUT2D eigenvalue weighted by atomic mass is 10.0. The third-order valence-electron chi connectivity index (χ3n) is 4.49. The molecule has 2 N–H and O–H groups in total. The Kier molecular flexibility index (Phi) is 7.35. The Morgan fingerprint density at radius 1 is 0.800 bits per heavy atom. The van der Waals surface area contributed by atoms with Crippen LogP contribution in [0.15, 0.2) is 84.0 Å². The molecule has 0 radical (unpaired) electrons. The van der Waals surface area contributed by atoms with Gasteiger partial charge in [0.2, 0.25) is 11.8 Å². The molecule has 0 spiro atoms. The first-order valence-corrected chi connectivity index (χ1v) is 9.94. The average Bonchev–Trinajstić information content (AvgIpc) is 2.78. The summed E-state index contributed by atoms with van der Waals surface area (Å²) in [6.45, 7) is 1.82. The largest absolute Gasteiger partial charge is 0.325 e. The molecule has 5 nitrogen and oxygen atoms in total. The van der Waals surface area contributed by atoms with Gasteiger partial charge in [-0.2, -0.15) is 5.10 Å². The average molecular weight is 420 g/mol. The van der Waals surface area contributed by atoms with Crippen LogP contribution in [0.4, 0.5) is 5.69 Å². The summed E-state index contributed by atoms with van der Waals surface area (Å²) < 4.78 is 0. The van der Waals surface area contributed by atoms with Crippen LogP contribution in [-0.2, 0) is 9.59 Å². The third-order valence-corrected chi connectivity index (χ3v) is 4.81. The minimum atomic E-state index is -0.329. The number of carbonyl (C=O) groups is 2.